The maximum Gasteiger partial charge on any atom is 0.394 e. The van der Waals surface area contributed by atoms with Crippen LogP contribution in [0.3, 0.4) is 0 Å². The van der Waals surface area contributed by atoms with E-state index in [0.717, 1.165) is 12.8 Å². The van der Waals surface area contributed by atoms with E-state index >= 15 is 4.39 Å². The lowest BCUT2D eigenvalue weighted by Gasteiger charge is -2.29. The van der Waals surface area contributed by atoms with E-state index in [1.54, 1.807) is 13.0 Å². The van der Waals surface area contributed by atoms with Gasteiger partial charge in [-0.25, -0.2) is 9.07 Å². The highest BCUT2D eigenvalue weighted by Gasteiger charge is 2.67. The van der Waals surface area contributed by atoms with Gasteiger partial charge in [0.15, 0.2) is 0 Å². The molecule has 13 heteroatoms. The second-order valence-corrected chi connectivity index (χ2v) is 12.1. The molecule has 3 saturated carbocycles. The van der Waals surface area contributed by atoms with Crippen LogP contribution in [0.25, 0.3) is 11.3 Å². The topological polar surface area (TPSA) is 142 Å². The summed E-state index contributed by atoms with van der Waals surface area (Å²) < 4.78 is 63.2. The molecule has 0 spiro atoms. The third kappa shape index (κ3) is 4.19. The first-order chi connectivity index (χ1) is 19.2. The van der Waals surface area contributed by atoms with Crippen LogP contribution in [0.5, 0.6) is 0 Å². The molecule has 5 N–H and O–H groups in total. The number of halogens is 4. The van der Waals surface area contributed by atoms with Gasteiger partial charge in [-0.15, -0.1) is 0 Å². The van der Waals surface area contributed by atoms with E-state index in [4.69, 9.17) is 16.0 Å². The van der Waals surface area contributed by atoms with Crippen molar-refractivity contribution in [3.63, 3.8) is 0 Å². The number of nitrogens with two attached hydrogens (primary N) is 2. The van der Waals surface area contributed by atoms with E-state index in [1.807, 2.05) is 6.92 Å². The SMILES string of the molecule is CC(C(=O)Nc1cc(C23CCC(C(F)(F)F)(CC2)C3)no1)c1ccc(-c2nn(C3(C)CC3)c(N)c2C(N)=O)c(F)c1. The fourth-order valence-electron chi connectivity index (χ4n) is 6.56. The van der Waals surface area contributed by atoms with Crippen molar-refractivity contribution in [1.82, 2.24) is 14.9 Å². The molecule has 3 aliphatic rings. The van der Waals surface area contributed by atoms with Crippen molar-refractivity contribution in [2.75, 3.05) is 11.1 Å². The van der Waals surface area contributed by atoms with Crippen LogP contribution < -0.4 is 16.8 Å². The molecule has 6 rings (SSSR count). The van der Waals surface area contributed by atoms with Crippen LogP contribution in [0.1, 0.15) is 86.3 Å². The minimum Gasteiger partial charge on any atom is -0.383 e. The number of carbonyl (C=O) groups is 2. The van der Waals surface area contributed by atoms with Crippen molar-refractivity contribution >= 4 is 23.5 Å². The van der Waals surface area contributed by atoms with Crippen molar-refractivity contribution in [3.8, 4) is 11.3 Å². The quantitative estimate of drug-likeness (QED) is 0.324. The van der Waals surface area contributed by atoms with Crippen LogP contribution in [-0.4, -0.2) is 32.9 Å². The zero-order valence-electron chi connectivity index (χ0n) is 22.6. The number of fused-ring (bicyclic) bond motifs is 2. The molecule has 3 fully saturated rings. The number of hydrogen-bond acceptors (Lipinski definition) is 6. The number of nitrogens with one attached hydrogen (secondary N) is 1. The van der Waals surface area contributed by atoms with E-state index in [0.29, 0.717) is 24.1 Å². The van der Waals surface area contributed by atoms with Gasteiger partial charge in [0.1, 0.15) is 22.9 Å². The van der Waals surface area contributed by atoms with Gasteiger partial charge in [-0.05, 0) is 76.5 Å². The van der Waals surface area contributed by atoms with Gasteiger partial charge in [-0.2, -0.15) is 18.3 Å². The minimum atomic E-state index is -4.27. The van der Waals surface area contributed by atoms with Crippen LogP contribution >= 0.6 is 0 Å². The first-order valence-corrected chi connectivity index (χ1v) is 13.5. The molecule has 0 radical (unpaired) electrons. The number of benzene rings is 1. The van der Waals surface area contributed by atoms with Crippen LogP contribution in [0.4, 0.5) is 29.3 Å². The second kappa shape index (κ2) is 8.80. The van der Waals surface area contributed by atoms with Crippen molar-refractivity contribution in [1.29, 1.82) is 0 Å². The Bertz CT molecular complexity index is 1560. The van der Waals surface area contributed by atoms with Gasteiger partial charge in [0.05, 0.1) is 22.6 Å². The summed E-state index contributed by atoms with van der Waals surface area (Å²) in [6.07, 6.45) is -1.86. The van der Waals surface area contributed by atoms with E-state index in [9.17, 15) is 22.8 Å². The third-order valence-corrected chi connectivity index (χ3v) is 9.54. The van der Waals surface area contributed by atoms with Crippen molar-refractivity contribution in [2.45, 2.75) is 81.8 Å². The molecule has 2 heterocycles. The Hall–Kier alpha value is -3.90. The minimum absolute atomic E-state index is 0.0143. The second-order valence-electron chi connectivity index (χ2n) is 12.1. The molecule has 2 amide bonds. The van der Waals surface area contributed by atoms with Gasteiger partial charge in [-0.3, -0.25) is 14.9 Å². The summed E-state index contributed by atoms with van der Waals surface area (Å²) in [6.45, 7) is 3.50. The lowest BCUT2D eigenvalue weighted by atomic mass is 9.80. The number of aromatic nitrogens is 3. The predicted octanol–water partition coefficient (Wildman–Crippen LogP) is 5.37. The number of carbonyl (C=O) groups excluding carboxylic acids is 2. The van der Waals surface area contributed by atoms with Gasteiger partial charge < -0.3 is 16.0 Å². The maximum absolute atomic E-state index is 15.4. The standard InChI is InChI=1S/C28H30F4N6O3/c1-14(24(40)35-19-12-18(37-41-19)26-7-9-27(13-26,10-8-26)28(30,31)32)15-3-4-16(17(29)11-15)21-20(23(34)39)22(33)38(36-21)25(2)5-6-25/h3-4,11-12,14H,5-10,13,33H2,1-2H3,(H2,34,39)(H,35,40). The average Bonchev–Trinajstić information content (AvgIpc) is 3.34. The number of hydrogen-bond donors (Lipinski definition) is 3. The van der Waals surface area contributed by atoms with Gasteiger partial charge >= 0.3 is 6.18 Å². The van der Waals surface area contributed by atoms with Crippen molar-refractivity contribution in [2.24, 2.45) is 11.1 Å². The number of nitrogen functional groups attached to an aromatic ring is 1. The third-order valence-electron chi connectivity index (χ3n) is 9.54. The highest BCUT2D eigenvalue weighted by atomic mass is 19.4. The average molecular weight is 575 g/mol. The molecule has 1 atom stereocenters. The summed E-state index contributed by atoms with van der Waals surface area (Å²) in [7, 11) is 0. The molecule has 1 unspecified atom stereocenters. The van der Waals surface area contributed by atoms with E-state index in [1.165, 1.54) is 22.9 Å². The number of anilines is 2. The van der Waals surface area contributed by atoms with E-state index < -0.39 is 40.6 Å². The van der Waals surface area contributed by atoms with Crippen LogP contribution in [-0.2, 0) is 15.7 Å². The highest BCUT2D eigenvalue weighted by molar-refractivity contribution is 6.03. The van der Waals surface area contributed by atoms with Crippen molar-refractivity contribution < 1.29 is 31.7 Å². The summed E-state index contributed by atoms with van der Waals surface area (Å²) in [5, 5.41) is 11.0. The predicted molar refractivity (Wildman–Crippen MR) is 140 cm³/mol. The Kier molecular flexibility index (Phi) is 5.85. The molecule has 218 valence electrons. The number of amides is 2. The van der Waals surface area contributed by atoms with Gasteiger partial charge in [0, 0.05) is 17.0 Å². The van der Waals surface area contributed by atoms with E-state index in [-0.39, 0.29) is 53.3 Å². The Morgan fingerprint density at radius 3 is 2.37 bits per heavy atom. The molecular formula is C28H30F4N6O3. The largest absolute Gasteiger partial charge is 0.394 e. The molecule has 3 aromatic rings. The molecule has 0 aliphatic heterocycles. The first kappa shape index (κ1) is 27.3. The lowest BCUT2D eigenvalue weighted by molar-refractivity contribution is -0.220. The van der Waals surface area contributed by atoms with E-state index in [2.05, 4.69) is 15.6 Å². The lowest BCUT2D eigenvalue weighted by Crippen LogP contribution is -2.33. The molecule has 3 aliphatic carbocycles. The summed E-state index contributed by atoms with van der Waals surface area (Å²) >= 11 is 0. The summed E-state index contributed by atoms with van der Waals surface area (Å²) in [5.74, 6) is -2.80. The Labute approximate surface area is 232 Å². The fourth-order valence-corrected chi connectivity index (χ4v) is 6.56. The summed E-state index contributed by atoms with van der Waals surface area (Å²) in [6, 6.07) is 5.62. The van der Waals surface area contributed by atoms with Gasteiger partial charge in [0.25, 0.3) is 5.91 Å². The number of primary amides is 1. The van der Waals surface area contributed by atoms with Crippen molar-refractivity contribution in [3.05, 3.63) is 46.9 Å². The molecule has 41 heavy (non-hydrogen) atoms. The zero-order valence-corrected chi connectivity index (χ0v) is 22.6. The molecule has 2 bridgehead atoms. The molecule has 2 aromatic heterocycles. The first-order valence-electron chi connectivity index (χ1n) is 13.5. The maximum atomic E-state index is 15.4. The molecule has 1 aromatic carbocycles. The summed E-state index contributed by atoms with van der Waals surface area (Å²) in [4.78, 5) is 25.2. The van der Waals surface area contributed by atoms with Crippen LogP contribution in [0.2, 0.25) is 0 Å². The Morgan fingerprint density at radius 1 is 1.12 bits per heavy atom. The normalized spacial score (nSPS) is 25.3. The molecular weight excluding hydrogens is 544 g/mol. The molecule has 0 saturated heterocycles. The number of rotatable bonds is 7. The van der Waals surface area contributed by atoms with Crippen LogP contribution in [0, 0.1) is 11.2 Å². The molecule has 9 nitrogen and oxygen atoms in total. The highest BCUT2D eigenvalue weighted by Crippen LogP contribution is 2.67. The van der Waals surface area contributed by atoms with Gasteiger partial charge in [-0.1, -0.05) is 11.2 Å². The Balaban J connectivity index is 1.19. The Morgan fingerprint density at radius 2 is 1.80 bits per heavy atom. The zero-order chi connectivity index (χ0) is 29.5. The van der Waals surface area contributed by atoms with Gasteiger partial charge in [0.2, 0.25) is 11.8 Å². The number of nitrogens with zero attached hydrogens (tertiary/aromatic N) is 3. The summed E-state index contributed by atoms with van der Waals surface area (Å²) in [5.41, 5.74) is 9.68. The monoisotopic (exact) mass is 574 g/mol. The van der Waals surface area contributed by atoms with Crippen LogP contribution in [0.15, 0.2) is 28.8 Å². The fraction of sp³-hybridized carbons (Fsp3) is 0.500. The number of alkyl halides is 3. The smallest absolute Gasteiger partial charge is 0.383 e.